The van der Waals surface area contributed by atoms with Gasteiger partial charge < -0.3 is 9.47 Å². The van der Waals surface area contributed by atoms with Crippen molar-refractivity contribution in [3.8, 4) is 5.88 Å². The highest BCUT2D eigenvalue weighted by atomic mass is 79.9. The lowest BCUT2D eigenvalue weighted by molar-refractivity contribution is 0.110. The molecule has 0 N–H and O–H groups in total. The summed E-state index contributed by atoms with van der Waals surface area (Å²) in [6, 6.07) is 1.86. The molecule has 2 rings (SSSR count). The Morgan fingerprint density at radius 1 is 1.62 bits per heavy atom. The lowest BCUT2D eigenvalue weighted by Crippen LogP contribution is -2.22. The highest BCUT2D eigenvalue weighted by molar-refractivity contribution is 9.09. The molecular weight excluding hydrogens is 272 g/mol. The second-order valence-electron chi connectivity index (χ2n) is 3.82. The third-order valence-electron chi connectivity index (χ3n) is 2.68. The second-order valence-corrected chi connectivity index (χ2v) is 5.00. The number of aromatic nitrogens is 2. The summed E-state index contributed by atoms with van der Waals surface area (Å²) < 4.78 is 10.7. The lowest BCUT2D eigenvalue weighted by atomic mass is 10.1. The molecule has 16 heavy (non-hydrogen) atoms. The smallest absolute Gasteiger partial charge is 0.216 e. The van der Waals surface area contributed by atoms with Gasteiger partial charge in [0.25, 0.3) is 0 Å². The van der Waals surface area contributed by atoms with E-state index in [-0.39, 0.29) is 0 Å². The van der Waals surface area contributed by atoms with Crippen LogP contribution in [-0.4, -0.2) is 34.6 Å². The summed E-state index contributed by atoms with van der Waals surface area (Å²) in [5, 5.41) is 0. The zero-order valence-electron chi connectivity index (χ0n) is 9.23. The van der Waals surface area contributed by atoms with Crippen LogP contribution in [0.1, 0.15) is 18.5 Å². The third-order valence-corrected chi connectivity index (χ3v) is 3.59. The van der Waals surface area contributed by atoms with Crippen molar-refractivity contribution in [2.75, 3.05) is 13.7 Å². The number of halogens is 1. The van der Waals surface area contributed by atoms with Crippen molar-refractivity contribution in [2.24, 2.45) is 0 Å². The van der Waals surface area contributed by atoms with E-state index in [0.717, 1.165) is 31.6 Å². The first-order valence-electron chi connectivity index (χ1n) is 5.40. The first kappa shape index (κ1) is 11.8. The predicted molar refractivity (Wildman–Crippen MR) is 64.0 cm³/mol. The molecule has 0 radical (unpaired) electrons. The van der Waals surface area contributed by atoms with Crippen LogP contribution in [-0.2, 0) is 11.2 Å². The standard InChI is InChI=1S/C11H15BrN2O2/c1-15-11-6-8(13-7-14-11)5-9(12)10-3-2-4-16-10/h6-7,9-10H,2-5H2,1H3. The molecule has 0 aliphatic carbocycles. The molecule has 0 spiro atoms. The summed E-state index contributed by atoms with van der Waals surface area (Å²) in [5.41, 5.74) is 0.976. The van der Waals surface area contributed by atoms with Gasteiger partial charge in [0, 0.05) is 29.6 Å². The van der Waals surface area contributed by atoms with Gasteiger partial charge in [0.15, 0.2) is 0 Å². The molecule has 2 unspecified atom stereocenters. The molecule has 2 heterocycles. The van der Waals surface area contributed by atoms with Crippen LogP contribution in [0.25, 0.3) is 0 Å². The molecule has 1 fully saturated rings. The molecule has 2 atom stereocenters. The van der Waals surface area contributed by atoms with E-state index >= 15 is 0 Å². The SMILES string of the molecule is COc1cc(CC(Br)C2CCCO2)ncn1. The minimum Gasteiger partial charge on any atom is -0.481 e. The molecule has 0 amide bonds. The van der Waals surface area contributed by atoms with Gasteiger partial charge in [0.2, 0.25) is 5.88 Å². The molecule has 4 nitrogen and oxygen atoms in total. The Hall–Kier alpha value is -0.680. The van der Waals surface area contributed by atoms with E-state index < -0.39 is 0 Å². The van der Waals surface area contributed by atoms with Gasteiger partial charge >= 0.3 is 0 Å². The Kier molecular flexibility index (Phi) is 4.12. The van der Waals surface area contributed by atoms with Crippen LogP contribution in [0.3, 0.4) is 0 Å². The van der Waals surface area contributed by atoms with Gasteiger partial charge in [-0.2, -0.15) is 0 Å². The number of rotatable bonds is 4. The molecule has 0 bridgehead atoms. The van der Waals surface area contributed by atoms with Gasteiger partial charge in [-0.15, -0.1) is 0 Å². The Morgan fingerprint density at radius 3 is 3.19 bits per heavy atom. The maximum absolute atomic E-state index is 5.62. The normalized spacial score (nSPS) is 22.0. The topological polar surface area (TPSA) is 44.2 Å². The predicted octanol–water partition coefficient (Wildman–Crippen LogP) is 1.97. The molecule has 1 aliphatic heterocycles. The van der Waals surface area contributed by atoms with E-state index in [9.17, 15) is 0 Å². The Morgan fingerprint density at radius 2 is 2.50 bits per heavy atom. The van der Waals surface area contributed by atoms with E-state index in [1.165, 1.54) is 6.33 Å². The van der Waals surface area contributed by atoms with E-state index in [0.29, 0.717) is 16.8 Å². The molecule has 1 aromatic rings. The van der Waals surface area contributed by atoms with Gasteiger partial charge in [-0.25, -0.2) is 9.97 Å². The van der Waals surface area contributed by atoms with Crippen molar-refractivity contribution in [1.82, 2.24) is 9.97 Å². The summed E-state index contributed by atoms with van der Waals surface area (Å²) in [6.07, 6.45) is 4.95. The molecule has 1 saturated heterocycles. The Bertz CT molecular complexity index is 343. The summed E-state index contributed by atoms with van der Waals surface area (Å²) in [5.74, 6) is 0.608. The van der Waals surface area contributed by atoms with Gasteiger partial charge in [-0.1, -0.05) is 15.9 Å². The van der Waals surface area contributed by atoms with Crippen molar-refractivity contribution in [2.45, 2.75) is 30.2 Å². The van der Waals surface area contributed by atoms with E-state index in [2.05, 4.69) is 25.9 Å². The molecule has 0 aromatic carbocycles. The van der Waals surface area contributed by atoms with Gasteiger partial charge in [0.1, 0.15) is 6.33 Å². The third kappa shape index (κ3) is 2.92. The lowest BCUT2D eigenvalue weighted by Gasteiger charge is -2.16. The summed E-state index contributed by atoms with van der Waals surface area (Å²) in [7, 11) is 1.61. The monoisotopic (exact) mass is 286 g/mol. The molecule has 88 valence electrons. The summed E-state index contributed by atoms with van der Waals surface area (Å²) in [6.45, 7) is 0.875. The fourth-order valence-electron chi connectivity index (χ4n) is 1.82. The number of ether oxygens (including phenoxy) is 2. The second kappa shape index (κ2) is 5.59. The van der Waals surface area contributed by atoms with E-state index in [1.807, 2.05) is 6.07 Å². The number of alkyl halides is 1. The minimum atomic E-state index is 0.306. The average Bonchev–Trinajstić information content (AvgIpc) is 2.83. The Labute approximate surface area is 104 Å². The molecule has 5 heteroatoms. The summed E-state index contributed by atoms with van der Waals surface area (Å²) >= 11 is 3.66. The van der Waals surface area contributed by atoms with E-state index in [4.69, 9.17) is 9.47 Å². The van der Waals surface area contributed by atoms with Crippen LogP contribution in [0.4, 0.5) is 0 Å². The van der Waals surface area contributed by atoms with Gasteiger partial charge in [0.05, 0.1) is 13.2 Å². The number of hydrogen-bond donors (Lipinski definition) is 0. The number of hydrogen-bond acceptors (Lipinski definition) is 4. The minimum absolute atomic E-state index is 0.306. The Balaban J connectivity index is 1.96. The zero-order valence-corrected chi connectivity index (χ0v) is 10.8. The fourth-order valence-corrected chi connectivity index (χ4v) is 2.57. The maximum Gasteiger partial charge on any atom is 0.216 e. The summed E-state index contributed by atoms with van der Waals surface area (Å²) in [4.78, 5) is 8.52. The molecule has 1 aliphatic rings. The first-order chi connectivity index (χ1) is 7.79. The van der Waals surface area contributed by atoms with Crippen molar-refractivity contribution in [3.05, 3.63) is 18.1 Å². The molecule has 0 saturated carbocycles. The van der Waals surface area contributed by atoms with Crippen LogP contribution in [0.2, 0.25) is 0 Å². The van der Waals surface area contributed by atoms with Gasteiger partial charge in [-0.05, 0) is 12.8 Å². The van der Waals surface area contributed by atoms with Gasteiger partial charge in [-0.3, -0.25) is 0 Å². The van der Waals surface area contributed by atoms with Crippen molar-refractivity contribution in [1.29, 1.82) is 0 Å². The molecule has 1 aromatic heterocycles. The largest absolute Gasteiger partial charge is 0.481 e. The zero-order chi connectivity index (χ0) is 11.4. The molecular formula is C11H15BrN2O2. The van der Waals surface area contributed by atoms with Crippen LogP contribution < -0.4 is 4.74 Å². The van der Waals surface area contributed by atoms with Crippen LogP contribution in [0.5, 0.6) is 5.88 Å². The quantitative estimate of drug-likeness (QED) is 0.794. The van der Waals surface area contributed by atoms with Crippen LogP contribution in [0, 0.1) is 0 Å². The van der Waals surface area contributed by atoms with E-state index in [1.54, 1.807) is 7.11 Å². The van der Waals surface area contributed by atoms with Crippen molar-refractivity contribution >= 4 is 15.9 Å². The van der Waals surface area contributed by atoms with Crippen molar-refractivity contribution < 1.29 is 9.47 Å². The van der Waals surface area contributed by atoms with Crippen LogP contribution >= 0.6 is 15.9 Å². The highest BCUT2D eigenvalue weighted by Gasteiger charge is 2.24. The number of methoxy groups -OCH3 is 1. The van der Waals surface area contributed by atoms with Crippen LogP contribution in [0.15, 0.2) is 12.4 Å². The number of nitrogens with zero attached hydrogens (tertiary/aromatic N) is 2. The average molecular weight is 287 g/mol. The fraction of sp³-hybridized carbons (Fsp3) is 0.636. The first-order valence-corrected chi connectivity index (χ1v) is 6.31. The maximum atomic E-state index is 5.62. The highest BCUT2D eigenvalue weighted by Crippen LogP contribution is 2.23. The van der Waals surface area contributed by atoms with Crippen molar-refractivity contribution in [3.63, 3.8) is 0 Å².